The number of carbonyl (C=O) groups excluding carboxylic acids is 1. The number of carbonyl (C=O) groups is 1. The topological polar surface area (TPSA) is 67.6 Å². The summed E-state index contributed by atoms with van der Waals surface area (Å²) in [5, 5.41) is 2.72. The number of anilines is 2. The third-order valence-corrected chi connectivity index (χ3v) is 3.22. The van der Waals surface area contributed by atoms with Crippen molar-refractivity contribution >= 4 is 17.3 Å². The first kappa shape index (κ1) is 17.4. The van der Waals surface area contributed by atoms with Gasteiger partial charge >= 0.3 is 0 Å². The number of benzene rings is 1. The molecule has 0 atom stereocenters. The van der Waals surface area contributed by atoms with Crippen molar-refractivity contribution in [1.29, 1.82) is 0 Å². The maximum absolute atomic E-state index is 13.0. The van der Waals surface area contributed by atoms with Gasteiger partial charge in [-0.25, -0.2) is 4.39 Å². The van der Waals surface area contributed by atoms with Crippen LogP contribution in [0.25, 0.3) is 0 Å². The lowest BCUT2D eigenvalue weighted by molar-refractivity contribution is -0.116. The van der Waals surface area contributed by atoms with E-state index in [-0.39, 0.29) is 11.6 Å². The quantitative estimate of drug-likeness (QED) is 0.721. The summed E-state index contributed by atoms with van der Waals surface area (Å²) >= 11 is 0. The third kappa shape index (κ3) is 6.10. The van der Waals surface area contributed by atoms with Crippen molar-refractivity contribution < 1.29 is 13.9 Å². The number of methoxy groups -OCH3 is 1. The Kier molecular flexibility index (Phi) is 7.11. The fourth-order valence-electron chi connectivity index (χ4n) is 1.93. The zero-order valence-electron chi connectivity index (χ0n) is 12.9. The van der Waals surface area contributed by atoms with Crippen LogP contribution in [0.2, 0.25) is 0 Å². The fraction of sp³-hybridized carbons (Fsp3) is 0.533. The third-order valence-electron chi connectivity index (χ3n) is 3.22. The molecule has 0 spiro atoms. The zero-order valence-corrected chi connectivity index (χ0v) is 12.9. The lowest BCUT2D eigenvalue weighted by Gasteiger charge is -2.25. The largest absolute Gasteiger partial charge is 0.396 e. The molecule has 0 fully saturated rings. The lowest BCUT2D eigenvalue weighted by atomic mass is 10.2. The van der Waals surface area contributed by atoms with E-state index in [1.807, 2.05) is 0 Å². The molecule has 1 aromatic rings. The van der Waals surface area contributed by atoms with E-state index in [4.69, 9.17) is 10.5 Å². The van der Waals surface area contributed by atoms with Crippen molar-refractivity contribution in [2.24, 2.45) is 0 Å². The normalized spacial score (nSPS) is 11.1. The molecule has 0 saturated carbocycles. The van der Waals surface area contributed by atoms with E-state index >= 15 is 0 Å². The highest BCUT2D eigenvalue weighted by Crippen LogP contribution is 2.16. The monoisotopic (exact) mass is 297 g/mol. The number of nitrogens with two attached hydrogens (primary N) is 1. The van der Waals surface area contributed by atoms with Gasteiger partial charge in [-0.05, 0) is 32.0 Å². The number of hydrogen-bond donors (Lipinski definition) is 2. The molecule has 0 radical (unpaired) electrons. The molecular weight excluding hydrogens is 273 g/mol. The number of hydrogen-bond acceptors (Lipinski definition) is 4. The van der Waals surface area contributed by atoms with E-state index < -0.39 is 5.82 Å². The van der Waals surface area contributed by atoms with Crippen molar-refractivity contribution in [3.63, 3.8) is 0 Å². The van der Waals surface area contributed by atoms with Gasteiger partial charge in [-0.2, -0.15) is 0 Å². The summed E-state index contributed by atoms with van der Waals surface area (Å²) in [7, 11) is 1.66. The number of halogens is 1. The summed E-state index contributed by atoms with van der Waals surface area (Å²) in [5.74, 6) is -0.609. The molecule has 1 rings (SSSR count). The average molecular weight is 297 g/mol. The van der Waals surface area contributed by atoms with Gasteiger partial charge in [-0.15, -0.1) is 0 Å². The summed E-state index contributed by atoms with van der Waals surface area (Å²) < 4.78 is 18.1. The molecule has 0 aliphatic carbocycles. The van der Waals surface area contributed by atoms with Crippen LogP contribution in [0.1, 0.15) is 20.3 Å². The number of nitrogens with zero attached hydrogens (tertiary/aromatic N) is 1. The Labute approximate surface area is 125 Å². The molecular formula is C15H24FN3O2. The van der Waals surface area contributed by atoms with E-state index in [0.717, 1.165) is 6.54 Å². The molecule has 0 aliphatic rings. The highest BCUT2D eigenvalue weighted by Gasteiger charge is 2.12. The molecule has 6 heteroatoms. The van der Waals surface area contributed by atoms with Gasteiger partial charge in [0.25, 0.3) is 0 Å². The van der Waals surface area contributed by atoms with Gasteiger partial charge < -0.3 is 15.8 Å². The summed E-state index contributed by atoms with van der Waals surface area (Å²) in [6.45, 7) is 6.21. The van der Waals surface area contributed by atoms with Crippen LogP contribution in [0.5, 0.6) is 0 Å². The Morgan fingerprint density at radius 3 is 2.71 bits per heavy atom. The smallest absolute Gasteiger partial charge is 0.225 e. The second-order valence-corrected chi connectivity index (χ2v) is 5.16. The first-order chi connectivity index (χ1) is 9.93. The van der Waals surface area contributed by atoms with Crippen molar-refractivity contribution in [3.8, 4) is 0 Å². The van der Waals surface area contributed by atoms with Crippen LogP contribution in [0.4, 0.5) is 15.8 Å². The summed E-state index contributed by atoms with van der Waals surface area (Å²) in [4.78, 5) is 14.1. The van der Waals surface area contributed by atoms with Crippen molar-refractivity contribution in [3.05, 3.63) is 24.0 Å². The summed E-state index contributed by atoms with van der Waals surface area (Å²) in [6.07, 6.45) is 0.360. The van der Waals surface area contributed by atoms with Crippen LogP contribution in [0, 0.1) is 5.82 Å². The summed E-state index contributed by atoms with van der Waals surface area (Å²) in [6, 6.07) is 4.49. The highest BCUT2D eigenvalue weighted by atomic mass is 19.1. The van der Waals surface area contributed by atoms with E-state index in [1.165, 1.54) is 18.2 Å². The molecule has 0 unspecified atom stereocenters. The molecule has 21 heavy (non-hydrogen) atoms. The van der Waals surface area contributed by atoms with Crippen molar-refractivity contribution in [2.75, 3.05) is 37.9 Å². The van der Waals surface area contributed by atoms with E-state index in [2.05, 4.69) is 24.1 Å². The molecule has 118 valence electrons. The van der Waals surface area contributed by atoms with Crippen molar-refractivity contribution in [2.45, 2.75) is 26.3 Å². The molecule has 5 nitrogen and oxygen atoms in total. The number of rotatable bonds is 8. The average Bonchev–Trinajstić information content (AvgIpc) is 2.42. The molecule has 0 saturated heterocycles. The van der Waals surface area contributed by atoms with Crippen LogP contribution < -0.4 is 11.1 Å². The Hall–Kier alpha value is -1.66. The number of amides is 1. The maximum atomic E-state index is 13.0. The minimum Gasteiger partial charge on any atom is -0.396 e. The molecule has 1 amide bonds. The van der Waals surface area contributed by atoms with Crippen LogP contribution in [0.15, 0.2) is 18.2 Å². The molecule has 3 N–H and O–H groups in total. The van der Waals surface area contributed by atoms with E-state index in [9.17, 15) is 9.18 Å². The van der Waals surface area contributed by atoms with Crippen LogP contribution in [-0.4, -0.2) is 43.7 Å². The number of nitrogens with one attached hydrogen (secondary N) is 1. The maximum Gasteiger partial charge on any atom is 0.225 e. The van der Waals surface area contributed by atoms with Gasteiger partial charge in [0, 0.05) is 38.3 Å². The molecule has 0 bridgehead atoms. The Morgan fingerprint density at radius 2 is 2.14 bits per heavy atom. The predicted octanol–water partition coefficient (Wildman–Crippen LogP) is 2.09. The minimum atomic E-state index is -0.487. The Balaban J connectivity index is 2.46. The Morgan fingerprint density at radius 1 is 1.43 bits per heavy atom. The van der Waals surface area contributed by atoms with Crippen LogP contribution in [-0.2, 0) is 9.53 Å². The highest BCUT2D eigenvalue weighted by molar-refractivity contribution is 5.91. The molecule has 0 heterocycles. The summed E-state index contributed by atoms with van der Waals surface area (Å²) in [5.41, 5.74) is 6.00. The first-order valence-corrected chi connectivity index (χ1v) is 7.02. The number of nitrogen functional groups attached to an aromatic ring is 1. The van der Waals surface area contributed by atoms with Gasteiger partial charge in [0.2, 0.25) is 5.91 Å². The molecule has 1 aromatic carbocycles. The predicted molar refractivity (Wildman–Crippen MR) is 82.6 cm³/mol. The van der Waals surface area contributed by atoms with Gasteiger partial charge in [0.1, 0.15) is 5.82 Å². The van der Waals surface area contributed by atoms with Gasteiger partial charge in [-0.1, -0.05) is 0 Å². The molecule has 0 aliphatic heterocycles. The minimum absolute atomic E-state index is 0.0247. The van der Waals surface area contributed by atoms with Gasteiger partial charge in [0.15, 0.2) is 0 Å². The van der Waals surface area contributed by atoms with Gasteiger partial charge in [-0.3, -0.25) is 9.69 Å². The van der Waals surface area contributed by atoms with E-state index in [0.29, 0.717) is 31.3 Å². The number of ether oxygens (including phenoxy) is 1. The Bertz CT molecular complexity index is 466. The first-order valence-electron chi connectivity index (χ1n) is 7.02. The van der Waals surface area contributed by atoms with Crippen molar-refractivity contribution in [1.82, 2.24) is 4.90 Å². The van der Waals surface area contributed by atoms with E-state index in [1.54, 1.807) is 7.11 Å². The fourth-order valence-corrected chi connectivity index (χ4v) is 1.93. The van der Waals surface area contributed by atoms with Crippen LogP contribution in [0.3, 0.4) is 0 Å². The zero-order chi connectivity index (χ0) is 15.8. The standard InChI is InChI=1S/C15H24FN3O2/c1-11(2)19(8-9-21-3)7-6-15(20)18-12-4-5-13(16)14(17)10-12/h4-5,10-11H,6-9,17H2,1-3H3,(H,18,20). The van der Waals surface area contributed by atoms with Crippen LogP contribution >= 0.6 is 0 Å². The van der Waals surface area contributed by atoms with Gasteiger partial charge in [0.05, 0.1) is 12.3 Å². The lowest BCUT2D eigenvalue weighted by Crippen LogP contribution is -2.36. The SMILES string of the molecule is COCCN(CCC(=O)Nc1ccc(F)c(N)c1)C(C)C. The second-order valence-electron chi connectivity index (χ2n) is 5.16. The second kappa shape index (κ2) is 8.59. The molecule has 0 aromatic heterocycles.